The zero-order chi connectivity index (χ0) is 27.0. The number of rotatable bonds is 4. The number of allylic oxidation sites excluding steroid dienone is 1. The molecule has 0 bridgehead atoms. The number of hydrogen-bond acceptors (Lipinski definition) is 9. The fourth-order valence-corrected chi connectivity index (χ4v) is 4.83. The number of hydrogen-bond donors (Lipinski definition) is 2. The van der Waals surface area contributed by atoms with Crippen molar-refractivity contribution in [2.45, 2.75) is 26.7 Å². The normalized spacial score (nSPS) is 16.9. The maximum absolute atomic E-state index is 13.4. The highest BCUT2D eigenvalue weighted by Crippen LogP contribution is 2.49. The zero-order valence-electron chi connectivity index (χ0n) is 21.1. The van der Waals surface area contributed by atoms with Gasteiger partial charge in [-0.25, -0.2) is 9.59 Å². The van der Waals surface area contributed by atoms with Gasteiger partial charge in [-0.1, -0.05) is 30.3 Å². The van der Waals surface area contributed by atoms with Gasteiger partial charge in [0.15, 0.2) is 6.61 Å². The third-order valence-electron chi connectivity index (χ3n) is 6.66. The third kappa shape index (κ3) is 3.94. The molecule has 0 saturated heterocycles. The highest BCUT2D eigenvalue weighted by Gasteiger charge is 2.44. The predicted octanol–water partition coefficient (Wildman–Crippen LogP) is 2.84. The molecule has 0 fully saturated rings. The standard InChI is InChI=1S/C27H26N4O6/c1-13-14(2)24-21(30-18(32)12-37-24)15(3)22(13)31-23(27(34)36-5)20(26(33)35-4)19(17(11-28)25(31)29)16-9-7-6-8-10-16/h6-10,19H,12,29H2,1-5H3,(H,30,32). The van der Waals surface area contributed by atoms with E-state index in [1.807, 2.05) is 0 Å². The molecule has 4 rings (SSSR count). The average molecular weight is 503 g/mol. The predicted molar refractivity (Wildman–Crippen MR) is 134 cm³/mol. The van der Waals surface area contributed by atoms with E-state index >= 15 is 0 Å². The minimum absolute atomic E-state index is 0.0497. The molecule has 1 atom stereocenters. The third-order valence-corrected chi connectivity index (χ3v) is 6.66. The number of nitrogens with zero attached hydrogens (tertiary/aromatic N) is 2. The Morgan fingerprint density at radius 3 is 2.32 bits per heavy atom. The Morgan fingerprint density at radius 2 is 1.73 bits per heavy atom. The Bertz CT molecular complexity index is 1440. The Labute approximate surface area is 213 Å². The monoisotopic (exact) mass is 502 g/mol. The van der Waals surface area contributed by atoms with E-state index in [1.165, 1.54) is 19.1 Å². The van der Waals surface area contributed by atoms with Crippen molar-refractivity contribution in [2.75, 3.05) is 31.0 Å². The maximum Gasteiger partial charge on any atom is 0.355 e. The van der Waals surface area contributed by atoms with Crippen molar-refractivity contribution < 1.29 is 28.6 Å². The van der Waals surface area contributed by atoms with Crippen molar-refractivity contribution in [1.82, 2.24) is 0 Å². The second-order valence-corrected chi connectivity index (χ2v) is 8.60. The molecular weight excluding hydrogens is 476 g/mol. The molecule has 1 amide bonds. The lowest BCUT2D eigenvalue weighted by Gasteiger charge is -2.38. The Balaban J connectivity index is 2.14. The lowest BCUT2D eigenvalue weighted by atomic mass is 9.80. The molecule has 10 nitrogen and oxygen atoms in total. The summed E-state index contributed by atoms with van der Waals surface area (Å²) in [7, 11) is 2.38. The van der Waals surface area contributed by atoms with E-state index in [0.29, 0.717) is 39.4 Å². The second kappa shape index (κ2) is 9.70. The molecule has 0 spiro atoms. The molecule has 10 heteroatoms. The first-order valence-electron chi connectivity index (χ1n) is 11.4. The second-order valence-electron chi connectivity index (χ2n) is 8.60. The molecule has 2 aromatic rings. The molecule has 2 heterocycles. The van der Waals surface area contributed by atoms with Gasteiger partial charge < -0.3 is 25.3 Å². The van der Waals surface area contributed by atoms with Crippen LogP contribution in [0.1, 0.15) is 28.2 Å². The van der Waals surface area contributed by atoms with Gasteiger partial charge in [0.1, 0.15) is 17.3 Å². The van der Waals surface area contributed by atoms with E-state index in [9.17, 15) is 19.6 Å². The number of methoxy groups -OCH3 is 2. The van der Waals surface area contributed by atoms with Gasteiger partial charge in [-0.05, 0) is 37.5 Å². The van der Waals surface area contributed by atoms with Crippen molar-refractivity contribution in [3.63, 3.8) is 0 Å². The number of nitriles is 1. The number of esters is 2. The number of nitrogens with two attached hydrogens (primary N) is 1. The molecule has 2 aliphatic heterocycles. The molecule has 0 radical (unpaired) electrons. The fraction of sp³-hybridized carbons (Fsp3) is 0.259. The van der Waals surface area contributed by atoms with Crippen LogP contribution in [0.3, 0.4) is 0 Å². The summed E-state index contributed by atoms with van der Waals surface area (Å²) >= 11 is 0. The summed E-state index contributed by atoms with van der Waals surface area (Å²) in [5.41, 5.74) is 9.67. The summed E-state index contributed by atoms with van der Waals surface area (Å²) in [5, 5.41) is 13.1. The number of carbonyl (C=O) groups is 3. The molecule has 0 aromatic heterocycles. The van der Waals surface area contributed by atoms with E-state index in [1.54, 1.807) is 51.1 Å². The quantitative estimate of drug-likeness (QED) is 0.603. The number of carbonyl (C=O) groups excluding carboxylic acids is 3. The SMILES string of the molecule is COC(=O)C1=C(C(=O)OC)N(c2c(C)c(C)c3c(c2C)NC(=O)CO3)C(N)=C(C#N)C1c1ccccc1. The molecule has 190 valence electrons. The van der Waals surface area contributed by atoms with Gasteiger partial charge in [-0.2, -0.15) is 5.26 Å². The molecule has 2 aliphatic rings. The minimum atomic E-state index is -0.980. The number of fused-ring (bicyclic) bond motifs is 1. The van der Waals surface area contributed by atoms with Gasteiger partial charge in [0.05, 0.1) is 48.7 Å². The molecule has 2 aromatic carbocycles. The van der Waals surface area contributed by atoms with Crippen LogP contribution in [0.15, 0.2) is 53.0 Å². The van der Waals surface area contributed by atoms with Crippen molar-refractivity contribution in [3.05, 3.63) is 75.2 Å². The molecule has 0 aliphatic carbocycles. The molecule has 3 N–H and O–H groups in total. The van der Waals surface area contributed by atoms with E-state index in [2.05, 4.69) is 11.4 Å². The van der Waals surface area contributed by atoms with Gasteiger partial charge in [-0.3, -0.25) is 9.69 Å². The van der Waals surface area contributed by atoms with E-state index < -0.39 is 17.9 Å². The smallest absolute Gasteiger partial charge is 0.355 e. The van der Waals surface area contributed by atoms with Crippen LogP contribution in [0, 0.1) is 32.1 Å². The Kier molecular flexibility index (Phi) is 6.64. The van der Waals surface area contributed by atoms with Crippen LogP contribution < -0.4 is 20.7 Å². The van der Waals surface area contributed by atoms with Crippen LogP contribution in [-0.2, 0) is 23.9 Å². The first-order chi connectivity index (χ1) is 17.7. The maximum atomic E-state index is 13.4. The first-order valence-corrected chi connectivity index (χ1v) is 11.4. The van der Waals surface area contributed by atoms with Crippen LogP contribution in [-0.4, -0.2) is 38.7 Å². The van der Waals surface area contributed by atoms with Crippen LogP contribution in [0.2, 0.25) is 0 Å². The lowest BCUT2D eigenvalue weighted by molar-refractivity contribution is -0.139. The topological polar surface area (TPSA) is 144 Å². The summed E-state index contributed by atoms with van der Waals surface area (Å²) in [4.78, 5) is 40.1. The summed E-state index contributed by atoms with van der Waals surface area (Å²) < 4.78 is 15.9. The highest BCUT2D eigenvalue weighted by molar-refractivity contribution is 6.07. The van der Waals surface area contributed by atoms with Crippen molar-refractivity contribution in [1.29, 1.82) is 5.26 Å². The van der Waals surface area contributed by atoms with Crippen LogP contribution in [0.25, 0.3) is 0 Å². The highest BCUT2D eigenvalue weighted by atomic mass is 16.5. The molecule has 1 unspecified atom stereocenters. The van der Waals surface area contributed by atoms with Crippen LogP contribution in [0.4, 0.5) is 11.4 Å². The molecule has 37 heavy (non-hydrogen) atoms. The van der Waals surface area contributed by atoms with Crippen molar-refractivity contribution >= 4 is 29.2 Å². The van der Waals surface area contributed by atoms with E-state index in [4.69, 9.17) is 19.9 Å². The van der Waals surface area contributed by atoms with Crippen molar-refractivity contribution in [2.24, 2.45) is 5.73 Å². The largest absolute Gasteiger partial charge is 0.481 e. The summed E-state index contributed by atoms with van der Waals surface area (Å²) in [6, 6.07) is 10.9. The number of benzene rings is 2. The van der Waals surface area contributed by atoms with E-state index in [-0.39, 0.29) is 35.2 Å². The van der Waals surface area contributed by atoms with Gasteiger partial charge in [0.25, 0.3) is 5.91 Å². The fourth-order valence-electron chi connectivity index (χ4n) is 4.83. The van der Waals surface area contributed by atoms with Crippen molar-refractivity contribution in [3.8, 4) is 11.8 Å². The number of amides is 1. The average Bonchev–Trinajstić information content (AvgIpc) is 2.91. The summed E-state index contributed by atoms with van der Waals surface area (Å²) in [6.07, 6.45) is 0. The Hall–Kier alpha value is -4.78. The van der Waals surface area contributed by atoms with E-state index in [0.717, 1.165) is 0 Å². The van der Waals surface area contributed by atoms with Gasteiger partial charge in [0, 0.05) is 5.56 Å². The Morgan fingerprint density at radius 1 is 1.08 bits per heavy atom. The molecule has 0 saturated carbocycles. The number of anilines is 2. The van der Waals surface area contributed by atoms with Gasteiger partial charge in [-0.15, -0.1) is 0 Å². The van der Waals surface area contributed by atoms with Crippen LogP contribution in [0.5, 0.6) is 5.75 Å². The number of nitrogens with one attached hydrogen (secondary N) is 1. The van der Waals surface area contributed by atoms with Gasteiger partial charge in [0.2, 0.25) is 0 Å². The molecular formula is C27H26N4O6. The lowest BCUT2D eigenvalue weighted by Crippen LogP contribution is -2.41. The van der Waals surface area contributed by atoms with Gasteiger partial charge >= 0.3 is 11.9 Å². The minimum Gasteiger partial charge on any atom is -0.481 e. The van der Waals surface area contributed by atoms with Crippen LogP contribution >= 0.6 is 0 Å². The summed E-state index contributed by atoms with van der Waals surface area (Å²) in [5.74, 6) is -2.55. The number of ether oxygens (including phenoxy) is 3. The zero-order valence-corrected chi connectivity index (χ0v) is 21.1. The first kappa shape index (κ1) is 25.3. The summed E-state index contributed by atoms with van der Waals surface area (Å²) in [6.45, 7) is 5.20.